The summed E-state index contributed by atoms with van der Waals surface area (Å²) in [5, 5.41) is 4.50. The van der Waals surface area contributed by atoms with Crippen LogP contribution in [0.15, 0.2) is 30.3 Å². The van der Waals surface area contributed by atoms with E-state index < -0.39 is 0 Å². The van der Waals surface area contributed by atoms with Gasteiger partial charge in [0.25, 0.3) is 5.91 Å². The van der Waals surface area contributed by atoms with Crippen molar-refractivity contribution in [2.24, 2.45) is 5.41 Å². The molecule has 3 aliphatic rings. The molecular formula is C21H25N3O. The number of nitrogens with one attached hydrogen (secondary N) is 1. The fourth-order valence-electron chi connectivity index (χ4n) is 4.54. The highest BCUT2D eigenvalue weighted by Crippen LogP contribution is 2.41. The Labute approximate surface area is 148 Å². The summed E-state index contributed by atoms with van der Waals surface area (Å²) in [7, 11) is 0. The fourth-order valence-corrected chi connectivity index (χ4v) is 4.54. The first kappa shape index (κ1) is 15.3. The van der Waals surface area contributed by atoms with E-state index in [0.29, 0.717) is 11.3 Å². The molecule has 1 spiro atoms. The number of aromatic nitrogens is 1. The molecule has 1 amide bonds. The lowest BCUT2D eigenvalue weighted by molar-refractivity contribution is 0.0609. The number of nitrogens with zero attached hydrogens (tertiary/aromatic N) is 2. The number of carbonyl (C=O) groups excluding carboxylic acids is 1. The highest BCUT2D eigenvalue weighted by Gasteiger charge is 2.38. The van der Waals surface area contributed by atoms with Crippen LogP contribution < -0.4 is 5.32 Å². The summed E-state index contributed by atoms with van der Waals surface area (Å²) < 4.78 is 0. The molecule has 2 aliphatic heterocycles. The average Bonchev–Trinajstić information content (AvgIpc) is 3.42. The Kier molecular flexibility index (Phi) is 3.56. The molecule has 1 saturated carbocycles. The van der Waals surface area contributed by atoms with Crippen LogP contribution in [0, 0.1) is 5.41 Å². The first-order valence-corrected chi connectivity index (χ1v) is 9.64. The summed E-state index contributed by atoms with van der Waals surface area (Å²) in [6, 6.07) is 10.2. The monoisotopic (exact) mass is 335 g/mol. The summed E-state index contributed by atoms with van der Waals surface area (Å²) in [4.78, 5) is 20.2. The highest BCUT2D eigenvalue weighted by molar-refractivity contribution is 6.06. The van der Waals surface area contributed by atoms with Gasteiger partial charge < -0.3 is 10.2 Å². The topological polar surface area (TPSA) is 45.2 Å². The molecule has 25 heavy (non-hydrogen) atoms. The van der Waals surface area contributed by atoms with Crippen molar-refractivity contribution >= 4 is 16.8 Å². The Hall–Kier alpha value is -1.94. The molecule has 3 fully saturated rings. The van der Waals surface area contributed by atoms with Gasteiger partial charge in [-0.1, -0.05) is 18.2 Å². The number of fused-ring (bicyclic) bond motifs is 1. The highest BCUT2D eigenvalue weighted by atomic mass is 16.2. The molecule has 2 aromatic rings. The molecule has 3 heterocycles. The van der Waals surface area contributed by atoms with Crippen molar-refractivity contribution in [1.29, 1.82) is 0 Å². The first-order valence-electron chi connectivity index (χ1n) is 9.64. The van der Waals surface area contributed by atoms with E-state index in [0.717, 1.165) is 61.2 Å². The molecule has 4 nitrogen and oxygen atoms in total. The summed E-state index contributed by atoms with van der Waals surface area (Å²) in [6.07, 6.45) is 5.93. The van der Waals surface area contributed by atoms with Crippen LogP contribution >= 0.6 is 0 Å². The molecule has 1 aromatic carbocycles. The van der Waals surface area contributed by atoms with Crippen molar-refractivity contribution < 1.29 is 4.79 Å². The molecule has 1 aromatic heterocycles. The largest absolute Gasteiger partial charge is 0.339 e. The summed E-state index contributed by atoms with van der Waals surface area (Å²) in [6.45, 7) is 4.03. The summed E-state index contributed by atoms with van der Waals surface area (Å²) in [5.74, 6) is 0.756. The number of rotatable bonds is 2. The van der Waals surface area contributed by atoms with Crippen molar-refractivity contribution in [1.82, 2.24) is 15.2 Å². The molecule has 0 atom stereocenters. The van der Waals surface area contributed by atoms with Crippen LogP contribution in [0.25, 0.3) is 10.9 Å². The molecular weight excluding hydrogens is 310 g/mol. The van der Waals surface area contributed by atoms with Gasteiger partial charge in [-0.2, -0.15) is 0 Å². The maximum Gasteiger partial charge on any atom is 0.254 e. The van der Waals surface area contributed by atoms with E-state index >= 15 is 0 Å². The second-order valence-corrected chi connectivity index (χ2v) is 8.11. The zero-order chi connectivity index (χ0) is 16.9. The third-order valence-electron chi connectivity index (χ3n) is 6.41. The Morgan fingerprint density at radius 2 is 1.96 bits per heavy atom. The second-order valence-electron chi connectivity index (χ2n) is 8.11. The maximum absolute atomic E-state index is 13.3. The van der Waals surface area contributed by atoms with Crippen LogP contribution in [0.3, 0.4) is 0 Å². The Bertz CT molecular complexity index is 811. The number of benzene rings is 1. The number of piperidine rings is 1. The van der Waals surface area contributed by atoms with Crippen LogP contribution in [0.5, 0.6) is 0 Å². The van der Waals surface area contributed by atoms with Gasteiger partial charge in [0.2, 0.25) is 0 Å². The molecule has 5 rings (SSSR count). The lowest BCUT2D eigenvalue weighted by Crippen LogP contribution is -2.44. The standard InChI is InChI=1S/C21H25N3O/c25-20(24-11-8-21(9-12-24)7-10-22-14-21)17-13-19(15-5-6-15)23-18-4-2-1-3-16(17)18/h1-4,13,15,22H,5-12,14H2. The van der Waals surface area contributed by atoms with E-state index in [2.05, 4.69) is 16.3 Å². The number of para-hydroxylation sites is 1. The lowest BCUT2D eigenvalue weighted by Gasteiger charge is -2.39. The zero-order valence-corrected chi connectivity index (χ0v) is 14.6. The Balaban J connectivity index is 1.45. The number of likely N-dealkylation sites (tertiary alicyclic amines) is 1. The van der Waals surface area contributed by atoms with Crippen LogP contribution in [0.2, 0.25) is 0 Å². The molecule has 0 bridgehead atoms. The van der Waals surface area contributed by atoms with Crippen molar-refractivity contribution in [3.8, 4) is 0 Å². The van der Waals surface area contributed by atoms with Crippen LogP contribution in [-0.4, -0.2) is 42.0 Å². The molecule has 0 radical (unpaired) electrons. The number of carbonyl (C=O) groups is 1. The van der Waals surface area contributed by atoms with Crippen molar-refractivity contribution in [2.75, 3.05) is 26.2 Å². The second kappa shape index (κ2) is 5.80. The predicted molar refractivity (Wildman–Crippen MR) is 98.8 cm³/mol. The molecule has 4 heteroatoms. The third kappa shape index (κ3) is 2.73. The third-order valence-corrected chi connectivity index (χ3v) is 6.41. The zero-order valence-electron chi connectivity index (χ0n) is 14.6. The lowest BCUT2D eigenvalue weighted by atomic mass is 9.77. The number of amides is 1. The van der Waals surface area contributed by atoms with Gasteiger partial charge >= 0.3 is 0 Å². The molecule has 2 saturated heterocycles. The van der Waals surface area contributed by atoms with E-state index in [1.807, 2.05) is 24.3 Å². The SMILES string of the molecule is O=C(c1cc(C2CC2)nc2ccccc12)N1CCC2(CCNC2)CC1. The Morgan fingerprint density at radius 1 is 1.16 bits per heavy atom. The van der Waals surface area contributed by atoms with E-state index in [4.69, 9.17) is 4.98 Å². The molecule has 1 aliphatic carbocycles. The van der Waals surface area contributed by atoms with E-state index in [1.165, 1.54) is 19.3 Å². The van der Waals surface area contributed by atoms with E-state index in [-0.39, 0.29) is 5.91 Å². The smallest absolute Gasteiger partial charge is 0.254 e. The van der Waals surface area contributed by atoms with Gasteiger partial charge in [0.1, 0.15) is 0 Å². The predicted octanol–water partition coefficient (Wildman–Crippen LogP) is 3.33. The normalized spacial score (nSPS) is 22.6. The number of hydrogen-bond acceptors (Lipinski definition) is 3. The fraction of sp³-hybridized carbons (Fsp3) is 0.524. The minimum Gasteiger partial charge on any atom is -0.339 e. The minimum absolute atomic E-state index is 0.196. The Morgan fingerprint density at radius 3 is 2.68 bits per heavy atom. The maximum atomic E-state index is 13.3. The molecule has 0 unspecified atom stereocenters. The average molecular weight is 335 g/mol. The van der Waals surface area contributed by atoms with Gasteiger partial charge in [-0.05, 0) is 56.2 Å². The minimum atomic E-state index is 0.196. The number of hydrogen-bond donors (Lipinski definition) is 1. The summed E-state index contributed by atoms with van der Waals surface area (Å²) >= 11 is 0. The van der Waals surface area contributed by atoms with Gasteiger partial charge in [-0.25, -0.2) is 0 Å². The first-order chi connectivity index (χ1) is 12.2. The van der Waals surface area contributed by atoms with Gasteiger partial charge in [-0.3, -0.25) is 9.78 Å². The molecule has 130 valence electrons. The van der Waals surface area contributed by atoms with Crippen LogP contribution in [-0.2, 0) is 0 Å². The van der Waals surface area contributed by atoms with E-state index in [9.17, 15) is 4.79 Å². The van der Waals surface area contributed by atoms with E-state index in [1.54, 1.807) is 0 Å². The van der Waals surface area contributed by atoms with Crippen molar-refractivity contribution in [3.63, 3.8) is 0 Å². The van der Waals surface area contributed by atoms with Crippen LogP contribution in [0.4, 0.5) is 0 Å². The van der Waals surface area contributed by atoms with Gasteiger partial charge in [-0.15, -0.1) is 0 Å². The number of pyridine rings is 1. The van der Waals surface area contributed by atoms with Gasteiger partial charge in [0.15, 0.2) is 0 Å². The van der Waals surface area contributed by atoms with Crippen molar-refractivity contribution in [2.45, 2.75) is 38.0 Å². The van der Waals surface area contributed by atoms with Gasteiger partial charge in [0.05, 0.1) is 11.1 Å². The molecule has 1 N–H and O–H groups in total. The quantitative estimate of drug-likeness (QED) is 0.916. The van der Waals surface area contributed by atoms with Gasteiger partial charge in [0, 0.05) is 36.6 Å². The van der Waals surface area contributed by atoms with Crippen molar-refractivity contribution in [3.05, 3.63) is 41.6 Å². The summed E-state index contributed by atoms with van der Waals surface area (Å²) in [5.41, 5.74) is 3.36. The van der Waals surface area contributed by atoms with Crippen LogP contribution in [0.1, 0.15) is 54.1 Å².